The highest BCUT2D eigenvalue weighted by Crippen LogP contribution is 2.23. The largest absolute Gasteiger partial charge is 0.494 e. The van der Waals surface area contributed by atoms with Gasteiger partial charge >= 0.3 is 0 Å². The maximum absolute atomic E-state index is 10.2. The van der Waals surface area contributed by atoms with Crippen molar-refractivity contribution >= 4 is 11.0 Å². The topological polar surface area (TPSA) is 47.3 Å². The Morgan fingerprint density at radius 1 is 1.09 bits per heavy atom. The molecule has 0 saturated heterocycles. The van der Waals surface area contributed by atoms with Crippen molar-refractivity contribution in [2.75, 3.05) is 6.61 Å². The molecule has 1 N–H and O–H groups in total. The van der Waals surface area contributed by atoms with E-state index in [1.165, 1.54) is 0 Å². The van der Waals surface area contributed by atoms with Crippen LogP contribution in [0.2, 0.25) is 0 Å². The lowest BCUT2D eigenvalue weighted by molar-refractivity contribution is 0.158. The lowest BCUT2D eigenvalue weighted by Crippen LogP contribution is -2.11. The molecule has 4 nitrogen and oxygen atoms in total. The second-order valence-electron chi connectivity index (χ2n) is 5.55. The van der Waals surface area contributed by atoms with Crippen molar-refractivity contribution < 1.29 is 9.84 Å². The maximum Gasteiger partial charge on any atom is 0.138 e. The molecule has 1 atom stereocenters. The van der Waals surface area contributed by atoms with Crippen LogP contribution in [0.4, 0.5) is 0 Å². The van der Waals surface area contributed by atoms with Crippen molar-refractivity contribution in [3.63, 3.8) is 0 Å². The molecule has 3 aromatic rings. The minimum Gasteiger partial charge on any atom is -0.494 e. The number of ether oxygens (including phenoxy) is 1. The van der Waals surface area contributed by atoms with Gasteiger partial charge in [-0.05, 0) is 37.1 Å². The van der Waals surface area contributed by atoms with Crippen LogP contribution < -0.4 is 4.74 Å². The summed E-state index contributed by atoms with van der Waals surface area (Å²) in [5.41, 5.74) is 1.99. The van der Waals surface area contributed by atoms with Crippen LogP contribution in [0.1, 0.15) is 31.7 Å². The summed E-state index contributed by atoms with van der Waals surface area (Å²) in [7, 11) is 0. The molecule has 0 radical (unpaired) electrons. The Morgan fingerprint density at radius 2 is 1.83 bits per heavy atom. The predicted molar refractivity (Wildman–Crippen MR) is 91.5 cm³/mol. The van der Waals surface area contributed by atoms with Gasteiger partial charge in [0.1, 0.15) is 17.7 Å². The van der Waals surface area contributed by atoms with Crippen LogP contribution >= 0.6 is 0 Å². The number of aliphatic hydroxyl groups is 1. The standard InChI is InChI=1S/C19H22N2O2/c1-2-18(22)19-20-16-11-6-7-12-17(16)21(19)13-8-14-23-15-9-4-3-5-10-15/h3-7,9-12,18,22H,2,8,13-14H2,1H3. The van der Waals surface area contributed by atoms with Crippen molar-refractivity contribution in [1.82, 2.24) is 9.55 Å². The normalized spacial score (nSPS) is 12.4. The van der Waals surface area contributed by atoms with Gasteiger partial charge in [-0.2, -0.15) is 0 Å². The minimum atomic E-state index is -0.530. The van der Waals surface area contributed by atoms with Gasteiger partial charge in [-0.15, -0.1) is 0 Å². The van der Waals surface area contributed by atoms with Crippen LogP contribution in [0.25, 0.3) is 11.0 Å². The fraction of sp³-hybridized carbons (Fsp3) is 0.316. The molecule has 2 aromatic carbocycles. The second-order valence-corrected chi connectivity index (χ2v) is 5.55. The average molecular weight is 310 g/mol. The molecule has 1 aromatic heterocycles. The van der Waals surface area contributed by atoms with Gasteiger partial charge in [0.25, 0.3) is 0 Å². The summed E-state index contributed by atoms with van der Waals surface area (Å²) >= 11 is 0. The number of rotatable bonds is 7. The van der Waals surface area contributed by atoms with Crippen LogP contribution in [0.15, 0.2) is 54.6 Å². The molecule has 120 valence electrons. The Kier molecular flexibility index (Phi) is 4.93. The zero-order valence-electron chi connectivity index (χ0n) is 13.4. The summed E-state index contributed by atoms with van der Waals surface area (Å²) in [4.78, 5) is 4.59. The lowest BCUT2D eigenvalue weighted by Gasteiger charge is -2.13. The molecule has 23 heavy (non-hydrogen) atoms. The van der Waals surface area contributed by atoms with Gasteiger partial charge in [0.15, 0.2) is 0 Å². The van der Waals surface area contributed by atoms with E-state index < -0.39 is 6.10 Å². The lowest BCUT2D eigenvalue weighted by atomic mass is 10.2. The van der Waals surface area contributed by atoms with E-state index in [2.05, 4.69) is 9.55 Å². The highest BCUT2D eigenvalue weighted by molar-refractivity contribution is 5.76. The maximum atomic E-state index is 10.2. The fourth-order valence-corrected chi connectivity index (χ4v) is 2.70. The molecule has 0 bridgehead atoms. The van der Waals surface area contributed by atoms with Crippen LogP contribution in [-0.4, -0.2) is 21.3 Å². The molecule has 3 rings (SSSR count). The van der Waals surface area contributed by atoms with E-state index in [9.17, 15) is 5.11 Å². The van der Waals surface area contributed by atoms with E-state index in [1.54, 1.807) is 0 Å². The van der Waals surface area contributed by atoms with Gasteiger partial charge in [-0.25, -0.2) is 4.98 Å². The molecule has 0 aliphatic heterocycles. The molecule has 0 saturated carbocycles. The van der Waals surface area contributed by atoms with Gasteiger partial charge in [-0.3, -0.25) is 0 Å². The monoisotopic (exact) mass is 310 g/mol. The Balaban J connectivity index is 1.71. The van der Waals surface area contributed by atoms with Gasteiger partial charge in [-0.1, -0.05) is 37.3 Å². The molecule has 1 heterocycles. The van der Waals surface area contributed by atoms with Gasteiger partial charge < -0.3 is 14.4 Å². The fourth-order valence-electron chi connectivity index (χ4n) is 2.70. The highest BCUT2D eigenvalue weighted by Gasteiger charge is 2.16. The smallest absolute Gasteiger partial charge is 0.138 e. The third-order valence-electron chi connectivity index (χ3n) is 3.91. The molecule has 0 fully saturated rings. The summed E-state index contributed by atoms with van der Waals surface area (Å²) in [6, 6.07) is 17.8. The number of para-hydroxylation sites is 3. The SMILES string of the molecule is CCC(O)c1nc2ccccc2n1CCCOc1ccccc1. The molecular formula is C19H22N2O2. The first-order valence-corrected chi connectivity index (χ1v) is 8.10. The van der Waals surface area contributed by atoms with Crippen molar-refractivity contribution in [3.8, 4) is 5.75 Å². The number of nitrogens with zero attached hydrogens (tertiary/aromatic N) is 2. The van der Waals surface area contributed by atoms with E-state index in [0.717, 1.165) is 35.6 Å². The van der Waals surface area contributed by atoms with Crippen molar-refractivity contribution in [1.29, 1.82) is 0 Å². The summed E-state index contributed by atoms with van der Waals surface area (Å²) in [5, 5.41) is 10.2. The molecule has 0 spiro atoms. The third-order valence-corrected chi connectivity index (χ3v) is 3.91. The first kappa shape index (κ1) is 15.6. The van der Waals surface area contributed by atoms with Gasteiger partial charge in [0.05, 0.1) is 17.6 Å². The van der Waals surface area contributed by atoms with Crippen molar-refractivity contribution in [2.24, 2.45) is 0 Å². The van der Waals surface area contributed by atoms with Crippen LogP contribution in [0.3, 0.4) is 0 Å². The zero-order valence-corrected chi connectivity index (χ0v) is 13.4. The predicted octanol–water partition coefficient (Wildman–Crippen LogP) is 3.95. The van der Waals surface area contributed by atoms with Gasteiger partial charge in [0, 0.05) is 6.54 Å². The number of hydrogen-bond donors (Lipinski definition) is 1. The van der Waals surface area contributed by atoms with Gasteiger partial charge in [0.2, 0.25) is 0 Å². The Hall–Kier alpha value is -2.33. The number of aromatic nitrogens is 2. The molecule has 0 amide bonds. The Labute approximate surface area is 136 Å². The average Bonchev–Trinajstić information content (AvgIpc) is 2.98. The molecule has 0 aliphatic carbocycles. The van der Waals surface area contributed by atoms with Crippen LogP contribution in [0, 0.1) is 0 Å². The molecule has 0 aliphatic rings. The number of aryl methyl sites for hydroxylation is 1. The summed E-state index contributed by atoms with van der Waals surface area (Å²) in [5.74, 6) is 1.63. The first-order chi connectivity index (χ1) is 11.3. The molecule has 1 unspecified atom stereocenters. The summed E-state index contributed by atoms with van der Waals surface area (Å²) in [6.45, 7) is 3.38. The van der Waals surface area contributed by atoms with Crippen LogP contribution in [0.5, 0.6) is 5.75 Å². The number of aliphatic hydroxyl groups excluding tert-OH is 1. The number of fused-ring (bicyclic) bond motifs is 1. The molecular weight excluding hydrogens is 288 g/mol. The third kappa shape index (κ3) is 3.54. The van der Waals surface area contributed by atoms with E-state index in [0.29, 0.717) is 13.0 Å². The van der Waals surface area contributed by atoms with E-state index in [4.69, 9.17) is 4.74 Å². The number of imidazole rings is 1. The second kappa shape index (κ2) is 7.29. The zero-order chi connectivity index (χ0) is 16.1. The molecule has 4 heteroatoms. The Bertz CT molecular complexity index is 752. The summed E-state index contributed by atoms with van der Waals surface area (Å²) < 4.78 is 7.86. The minimum absolute atomic E-state index is 0.530. The van der Waals surface area contributed by atoms with E-state index in [1.807, 2.05) is 61.5 Å². The Morgan fingerprint density at radius 3 is 2.61 bits per heavy atom. The van der Waals surface area contributed by atoms with E-state index >= 15 is 0 Å². The highest BCUT2D eigenvalue weighted by atomic mass is 16.5. The van der Waals surface area contributed by atoms with Crippen molar-refractivity contribution in [3.05, 3.63) is 60.4 Å². The van der Waals surface area contributed by atoms with Crippen molar-refractivity contribution in [2.45, 2.75) is 32.4 Å². The number of benzene rings is 2. The van der Waals surface area contributed by atoms with Crippen LogP contribution in [-0.2, 0) is 6.54 Å². The quantitative estimate of drug-likeness (QED) is 0.672. The number of hydrogen-bond acceptors (Lipinski definition) is 3. The van der Waals surface area contributed by atoms with E-state index in [-0.39, 0.29) is 0 Å². The first-order valence-electron chi connectivity index (χ1n) is 8.10. The summed E-state index contributed by atoms with van der Waals surface area (Å²) in [6.07, 6.45) is 0.986.